The Balaban J connectivity index is 0.00000161. The summed E-state index contributed by atoms with van der Waals surface area (Å²) in [6.07, 6.45) is -2.84. The number of amides is 7. The number of carboxylic acids is 2. The van der Waals surface area contributed by atoms with Crippen molar-refractivity contribution >= 4 is 65.2 Å². The number of hydrogen-bond acceptors (Lipinski definition) is 16. The maximum atomic E-state index is 13.5. The van der Waals surface area contributed by atoms with Crippen molar-refractivity contribution in [3.8, 4) is 5.75 Å². The summed E-state index contributed by atoms with van der Waals surface area (Å²) in [5.74, 6) is -7.57. The van der Waals surface area contributed by atoms with Gasteiger partial charge in [0, 0.05) is 73.6 Å². The normalized spacial score (nSPS) is 19.7. The maximum absolute atomic E-state index is 13.5. The monoisotopic (exact) mass is 1140 g/mol. The minimum Gasteiger partial charge on any atom is -0.542 e. The van der Waals surface area contributed by atoms with Crippen LogP contribution in [0.2, 0.25) is 0 Å². The number of hydrogen-bond donors (Lipinski definition) is 8. The molecule has 0 saturated carbocycles. The number of carbonyl (C=O) groups is 9. The van der Waals surface area contributed by atoms with Gasteiger partial charge in [-0.1, -0.05) is 31.0 Å². The molecule has 0 spiro atoms. The average Bonchev–Trinajstić information content (AvgIpc) is 3.76. The summed E-state index contributed by atoms with van der Waals surface area (Å²) in [5, 5.41) is 60.1. The molecule has 2 aromatic carbocycles. The van der Waals surface area contributed by atoms with Crippen LogP contribution in [0.25, 0.3) is 6.08 Å². The first-order chi connectivity index (χ1) is 38.2. The van der Waals surface area contributed by atoms with Gasteiger partial charge in [0.1, 0.15) is 41.7 Å². The predicted octanol–water partition coefficient (Wildman–Crippen LogP) is 0.707. The van der Waals surface area contributed by atoms with Gasteiger partial charge in [-0.15, -0.1) is 0 Å². The van der Waals surface area contributed by atoms with Crippen LogP contribution in [-0.2, 0) is 49.6 Å². The number of benzene rings is 2. The smallest absolute Gasteiger partial charge is 0.430 e. The number of nitrogens with zero attached hydrogens (tertiary/aromatic N) is 3. The molecule has 81 heavy (non-hydrogen) atoms. The van der Waals surface area contributed by atoms with Crippen molar-refractivity contribution in [1.82, 2.24) is 25.8 Å². The maximum Gasteiger partial charge on any atom is 0.430 e. The largest absolute Gasteiger partial charge is 0.542 e. The predicted molar refractivity (Wildman–Crippen MR) is 274 cm³/mol. The van der Waals surface area contributed by atoms with E-state index < -0.39 is 96.7 Å². The lowest BCUT2D eigenvalue weighted by molar-refractivity contribution is -0.688. The number of pyridine rings is 1. The second kappa shape index (κ2) is 29.3. The van der Waals surface area contributed by atoms with Crippen LogP contribution >= 0.6 is 0 Å². The average molecular weight is 1140 g/mol. The standard InChI is InChI=1S/C52H63N7O15.C2HF3O2/c1-52(2,3)74-51(71)55-29-37(59-41(62)18-19-42(59)63)47(67)54-24-20-40(61)56-36-28-34(14-16-38(36)72-50-45(66)43(64)44(65)46(73-50)49(69)70)31-57-25-9-11-33(30-57)15-17-39(60)53-23-8-7-10-32-21-26-58(27-22-32)48(68)35-12-5-4-6-13-35;3-2(4,5)1(6)7/h4-6,9,11-19,25,28,30,32,37,43-46,50,64-66H,7-8,10,20-24,26-27,29,31H2,1-3H3,(H4-,53,54,55,56,60,61,67,69,70,71);(H,6,7)/b17-15+;/t37-,43-,44-,45+,46-,50+;/m0./s1. The van der Waals surface area contributed by atoms with Crippen LogP contribution in [0.5, 0.6) is 5.75 Å². The molecule has 0 aliphatic carbocycles. The lowest BCUT2D eigenvalue weighted by atomic mass is 9.91. The molecule has 7 amide bonds. The van der Waals surface area contributed by atoms with Crippen molar-refractivity contribution in [2.45, 2.75) is 114 Å². The number of carbonyl (C=O) groups excluding carboxylic acids is 8. The molecule has 8 N–H and O–H groups in total. The molecule has 2 saturated heterocycles. The number of aliphatic hydroxyl groups excluding tert-OH is 3. The highest BCUT2D eigenvalue weighted by atomic mass is 19.4. The molecule has 27 heteroatoms. The number of ether oxygens (including phenoxy) is 3. The number of aliphatic hydroxyl groups is 3. The van der Waals surface area contributed by atoms with E-state index in [1.54, 1.807) is 55.9 Å². The first-order valence-corrected chi connectivity index (χ1v) is 25.6. The lowest BCUT2D eigenvalue weighted by Gasteiger charge is -2.38. The Morgan fingerprint density at radius 3 is 2.16 bits per heavy atom. The summed E-state index contributed by atoms with van der Waals surface area (Å²) in [7, 11) is 0. The van der Waals surface area contributed by atoms with Crippen molar-refractivity contribution in [2.24, 2.45) is 5.92 Å². The first kappa shape index (κ1) is 63.6. The summed E-state index contributed by atoms with van der Waals surface area (Å²) in [6, 6.07) is 15.9. The number of alkyl halides is 3. The minimum atomic E-state index is -5.19. The summed E-state index contributed by atoms with van der Waals surface area (Å²) < 4.78 is 49.7. The van der Waals surface area contributed by atoms with E-state index in [0.717, 1.165) is 57.3 Å². The van der Waals surface area contributed by atoms with Gasteiger partial charge in [-0.25, -0.2) is 14.2 Å². The van der Waals surface area contributed by atoms with Gasteiger partial charge in [-0.3, -0.25) is 33.7 Å². The molecule has 0 radical (unpaired) electrons. The van der Waals surface area contributed by atoms with E-state index in [1.165, 1.54) is 18.2 Å². The zero-order valence-electron chi connectivity index (χ0n) is 44.3. The third-order valence-electron chi connectivity index (χ3n) is 12.5. The number of piperidine rings is 1. The fourth-order valence-electron chi connectivity index (χ4n) is 8.43. The number of imide groups is 1. The molecule has 4 heterocycles. The first-order valence-electron chi connectivity index (χ1n) is 25.6. The van der Waals surface area contributed by atoms with Gasteiger partial charge >= 0.3 is 18.2 Å². The lowest BCUT2D eigenvalue weighted by Crippen LogP contribution is -2.61. The number of anilines is 1. The van der Waals surface area contributed by atoms with Crippen LogP contribution in [0, 0.1) is 5.92 Å². The number of rotatable bonds is 21. The molecule has 0 unspecified atom stereocenters. The molecule has 2 fully saturated rings. The van der Waals surface area contributed by atoms with Gasteiger partial charge in [0.05, 0.1) is 12.2 Å². The molecule has 438 valence electrons. The van der Waals surface area contributed by atoms with Gasteiger partial charge in [0.15, 0.2) is 25.0 Å². The molecule has 1 aromatic heterocycles. The number of alkyl carbamates (subject to hydrolysis) is 1. The van der Waals surface area contributed by atoms with Crippen LogP contribution < -0.4 is 35.7 Å². The molecular formula is C54H64F3N7O17. The summed E-state index contributed by atoms with van der Waals surface area (Å²) in [6.45, 7) is 6.25. The van der Waals surface area contributed by atoms with Crippen LogP contribution in [0.15, 0.2) is 91.3 Å². The van der Waals surface area contributed by atoms with Crippen molar-refractivity contribution in [1.29, 1.82) is 0 Å². The highest BCUT2D eigenvalue weighted by Gasteiger charge is 2.48. The third kappa shape index (κ3) is 19.8. The van der Waals surface area contributed by atoms with Gasteiger partial charge in [-0.05, 0) is 88.4 Å². The quantitative estimate of drug-likeness (QED) is 0.0315. The SMILES string of the molecule is CC(C)(C)OC(=O)NC[C@@H](C(=O)NCCC(=O)Nc1cc(C[n+]2cccc(/C=C/C(=O)NCCCCC3CCN(C(=O)c4ccccc4)CC3)c2)ccc1O[C@@H]1O[C@H](C(=O)O)[C@@H](O)[C@H](O)[C@H]1O)N1C(=O)C=CC1=O.O=C([O-])C(F)(F)F. The Morgan fingerprint density at radius 2 is 1.53 bits per heavy atom. The summed E-state index contributed by atoms with van der Waals surface area (Å²) >= 11 is 0. The van der Waals surface area contributed by atoms with E-state index in [-0.39, 0.29) is 42.8 Å². The molecule has 0 bridgehead atoms. The molecule has 24 nitrogen and oxygen atoms in total. The Hall–Kier alpha value is -8.27. The number of likely N-dealkylation sites (tertiary alicyclic amines) is 1. The minimum absolute atomic E-state index is 0.00471. The number of halogens is 3. The third-order valence-corrected chi connectivity index (χ3v) is 12.5. The summed E-state index contributed by atoms with van der Waals surface area (Å²) in [4.78, 5) is 113. The summed E-state index contributed by atoms with van der Waals surface area (Å²) in [5.41, 5.74) is 1.11. The second-order valence-corrected chi connectivity index (χ2v) is 19.9. The highest BCUT2D eigenvalue weighted by molar-refractivity contribution is 6.15. The molecule has 3 aromatic rings. The number of unbranched alkanes of at least 4 members (excludes halogenated alkanes) is 1. The zero-order chi connectivity index (χ0) is 59.6. The van der Waals surface area contributed by atoms with E-state index in [2.05, 4.69) is 21.3 Å². The van der Waals surface area contributed by atoms with Gasteiger partial charge in [0.25, 0.3) is 17.7 Å². The van der Waals surface area contributed by atoms with Crippen molar-refractivity contribution in [3.05, 3.63) is 108 Å². The van der Waals surface area contributed by atoms with Crippen LogP contribution in [0.1, 0.15) is 80.8 Å². The topological polar surface area (TPSA) is 344 Å². The fraction of sp³-hybridized carbons (Fsp3) is 0.444. The van der Waals surface area contributed by atoms with E-state index in [1.807, 2.05) is 41.3 Å². The Kier molecular flexibility index (Phi) is 23.0. The molecule has 3 aliphatic heterocycles. The number of aliphatic carboxylic acids is 2. The fourth-order valence-corrected chi connectivity index (χ4v) is 8.43. The Morgan fingerprint density at radius 1 is 0.864 bits per heavy atom. The van der Waals surface area contributed by atoms with E-state index in [4.69, 9.17) is 24.1 Å². The van der Waals surface area contributed by atoms with E-state index >= 15 is 0 Å². The number of carboxylic acid groups (broad SMARTS) is 2. The van der Waals surface area contributed by atoms with E-state index in [9.17, 15) is 72.0 Å². The van der Waals surface area contributed by atoms with Crippen LogP contribution in [0.4, 0.5) is 23.7 Å². The van der Waals surface area contributed by atoms with Crippen molar-refractivity contribution < 1.29 is 101 Å². The van der Waals surface area contributed by atoms with Crippen molar-refractivity contribution in [3.63, 3.8) is 0 Å². The van der Waals surface area contributed by atoms with E-state index in [0.29, 0.717) is 34.1 Å². The van der Waals surface area contributed by atoms with Gasteiger partial charge < -0.3 is 70.7 Å². The number of aromatic nitrogens is 1. The van der Waals surface area contributed by atoms with Gasteiger partial charge in [0.2, 0.25) is 24.0 Å². The molecular weight excluding hydrogens is 1080 g/mol. The molecule has 3 aliphatic rings. The zero-order valence-corrected chi connectivity index (χ0v) is 44.3. The molecule has 6 atom stereocenters. The molecule has 6 rings (SSSR count). The van der Waals surface area contributed by atoms with Gasteiger partial charge in [-0.2, -0.15) is 13.2 Å². The van der Waals surface area contributed by atoms with Crippen LogP contribution in [-0.4, -0.2) is 165 Å². The van der Waals surface area contributed by atoms with Crippen LogP contribution in [0.3, 0.4) is 0 Å². The second-order valence-electron chi connectivity index (χ2n) is 19.9. The number of nitrogens with one attached hydrogen (secondary N) is 4. The Bertz CT molecular complexity index is 2780. The Labute approximate surface area is 462 Å². The highest BCUT2D eigenvalue weighted by Crippen LogP contribution is 2.31. The van der Waals surface area contributed by atoms with Crippen molar-refractivity contribution in [2.75, 3.05) is 38.0 Å².